The number of hydrogen-bond donors (Lipinski definition) is 1. The second kappa shape index (κ2) is 7.23. The van der Waals surface area contributed by atoms with Crippen LogP contribution in [0.5, 0.6) is 0 Å². The van der Waals surface area contributed by atoms with Crippen molar-refractivity contribution >= 4 is 11.5 Å². The molecule has 21 heavy (non-hydrogen) atoms. The highest BCUT2D eigenvalue weighted by molar-refractivity contribution is 6.00. The van der Waals surface area contributed by atoms with E-state index in [0.29, 0.717) is 5.56 Å². The lowest BCUT2D eigenvalue weighted by molar-refractivity contribution is 0.0901. The van der Waals surface area contributed by atoms with E-state index in [1.165, 1.54) is 0 Å². The maximum atomic E-state index is 12.4. The normalized spacial score (nSPS) is 12.6. The van der Waals surface area contributed by atoms with E-state index in [-0.39, 0.29) is 11.2 Å². The zero-order valence-corrected chi connectivity index (χ0v) is 13.3. The molecule has 0 aliphatic heterocycles. The van der Waals surface area contributed by atoms with Crippen molar-refractivity contribution in [2.24, 2.45) is 11.1 Å². The predicted octanol–water partition coefficient (Wildman–Crippen LogP) is 3.42. The van der Waals surface area contributed by atoms with E-state index < -0.39 is 6.04 Å². The second-order valence-electron chi connectivity index (χ2n) is 6.24. The van der Waals surface area contributed by atoms with Crippen molar-refractivity contribution in [2.45, 2.75) is 26.8 Å². The minimum Gasteiger partial charge on any atom is -0.364 e. The van der Waals surface area contributed by atoms with E-state index in [2.05, 4.69) is 18.1 Å². The SMILES string of the molecule is C=CCN(CC=C)c1ccc(C(=O)C(N)C(C)(C)C)cc1. The fourth-order valence-electron chi connectivity index (χ4n) is 2.01. The van der Waals surface area contributed by atoms with Crippen LogP contribution in [0, 0.1) is 5.41 Å². The first-order chi connectivity index (χ1) is 9.81. The Morgan fingerprint density at radius 2 is 1.67 bits per heavy atom. The average molecular weight is 286 g/mol. The molecule has 0 radical (unpaired) electrons. The average Bonchev–Trinajstić information content (AvgIpc) is 2.45. The fraction of sp³-hybridized carbons (Fsp3) is 0.389. The molecule has 1 rings (SSSR count). The van der Waals surface area contributed by atoms with Crippen molar-refractivity contribution in [3.05, 3.63) is 55.1 Å². The highest BCUT2D eigenvalue weighted by atomic mass is 16.1. The lowest BCUT2D eigenvalue weighted by atomic mass is 9.83. The highest BCUT2D eigenvalue weighted by Gasteiger charge is 2.28. The Morgan fingerprint density at radius 3 is 2.05 bits per heavy atom. The third-order valence-corrected chi connectivity index (χ3v) is 3.43. The molecule has 0 fully saturated rings. The first-order valence-electron chi connectivity index (χ1n) is 7.18. The van der Waals surface area contributed by atoms with Crippen LogP contribution in [0.2, 0.25) is 0 Å². The Kier molecular flexibility index (Phi) is 5.91. The maximum absolute atomic E-state index is 12.4. The zero-order chi connectivity index (χ0) is 16.0. The van der Waals surface area contributed by atoms with Crippen molar-refractivity contribution in [1.82, 2.24) is 0 Å². The summed E-state index contributed by atoms with van der Waals surface area (Å²) in [6, 6.07) is 7.05. The monoisotopic (exact) mass is 286 g/mol. The molecular weight excluding hydrogens is 260 g/mol. The van der Waals surface area contributed by atoms with Gasteiger partial charge in [0.25, 0.3) is 0 Å². The minimum absolute atomic E-state index is 0.0203. The third-order valence-electron chi connectivity index (χ3n) is 3.43. The van der Waals surface area contributed by atoms with E-state index in [0.717, 1.165) is 18.8 Å². The van der Waals surface area contributed by atoms with Gasteiger partial charge < -0.3 is 10.6 Å². The summed E-state index contributed by atoms with van der Waals surface area (Å²) < 4.78 is 0. The molecule has 0 amide bonds. The molecule has 1 aromatic carbocycles. The predicted molar refractivity (Wildman–Crippen MR) is 90.8 cm³/mol. The summed E-state index contributed by atoms with van der Waals surface area (Å²) in [5, 5.41) is 0. The number of benzene rings is 1. The van der Waals surface area contributed by atoms with E-state index in [9.17, 15) is 4.79 Å². The number of Topliss-reactive ketones (excluding diaryl/α,β-unsaturated/α-hetero) is 1. The molecule has 0 aliphatic carbocycles. The lowest BCUT2D eigenvalue weighted by Gasteiger charge is -2.26. The number of nitrogens with two attached hydrogens (primary N) is 1. The molecule has 2 N–H and O–H groups in total. The Labute approximate surface area is 128 Å². The van der Waals surface area contributed by atoms with Gasteiger partial charge in [-0.25, -0.2) is 0 Å². The molecule has 3 heteroatoms. The van der Waals surface area contributed by atoms with Crippen LogP contribution >= 0.6 is 0 Å². The summed E-state index contributed by atoms with van der Waals surface area (Å²) in [7, 11) is 0. The molecular formula is C18H26N2O. The number of hydrogen-bond acceptors (Lipinski definition) is 3. The van der Waals surface area contributed by atoms with Crippen molar-refractivity contribution < 1.29 is 4.79 Å². The molecule has 0 spiro atoms. The molecule has 0 saturated carbocycles. The van der Waals surface area contributed by atoms with E-state index in [1.807, 2.05) is 57.2 Å². The summed E-state index contributed by atoms with van der Waals surface area (Å²) in [5.41, 5.74) is 7.48. The molecule has 1 aromatic rings. The largest absolute Gasteiger partial charge is 0.364 e. The van der Waals surface area contributed by atoms with Gasteiger partial charge in [-0.15, -0.1) is 13.2 Å². The van der Waals surface area contributed by atoms with Gasteiger partial charge in [0.1, 0.15) is 0 Å². The number of anilines is 1. The first kappa shape index (κ1) is 17.2. The molecule has 0 aliphatic rings. The van der Waals surface area contributed by atoms with Gasteiger partial charge in [-0.05, 0) is 29.7 Å². The first-order valence-corrected chi connectivity index (χ1v) is 7.18. The van der Waals surface area contributed by atoms with Gasteiger partial charge in [0, 0.05) is 24.3 Å². The third kappa shape index (κ3) is 4.57. The van der Waals surface area contributed by atoms with Crippen molar-refractivity contribution in [2.75, 3.05) is 18.0 Å². The number of carbonyl (C=O) groups excluding carboxylic acids is 1. The van der Waals surface area contributed by atoms with Crippen molar-refractivity contribution in [1.29, 1.82) is 0 Å². The van der Waals surface area contributed by atoms with Crippen LogP contribution in [0.4, 0.5) is 5.69 Å². The van der Waals surface area contributed by atoms with Crippen LogP contribution in [-0.4, -0.2) is 24.9 Å². The maximum Gasteiger partial charge on any atom is 0.180 e. The topological polar surface area (TPSA) is 46.3 Å². The van der Waals surface area contributed by atoms with Crippen molar-refractivity contribution in [3.63, 3.8) is 0 Å². The summed E-state index contributed by atoms with van der Waals surface area (Å²) >= 11 is 0. The van der Waals surface area contributed by atoms with Crippen molar-refractivity contribution in [3.8, 4) is 0 Å². The van der Waals surface area contributed by atoms with Crippen LogP contribution < -0.4 is 10.6 Å². The quantitative estimate of drug-likeness (QED) is 0.617. The Balaban J connectivity index is 2.93. The summed E-state index contributed by atoms with van der Waals surface area (Å²) in [4.78, 5) is 14.5. The van der Waals surface area contributed by atoms with Crippen LogP contribution in [0.25, 0.3) is 0 Å². The number of rotatable bonds is 7. The van der Waals surface area contributed by atoms with Gasteiger partial charge in [0.15, 0.2) is 5.78 Å². The summed E-state index contributed by atoms with van der Waals surface area (Å²) in [5.74, 6) is -0.0203. The van der Waals surface area contributed by atoms with Gasteiger partial charge in [0.2, 0.25) is 0 Å². The molecule has 1 unspecified atom stereocenters. The van der Waals surface area contributed by atoms with Gasteiger partial charge in [0.05, 0.1) is 6.04 Å². The number of carbonyl (C=O) groups is 1. The standard InChI is InChI=1S/C18H26N2O/c1-6-12-20(13-7-2)15-10-8-14(9-11-15)16(21)17(19)18(3,4)5/h6-11,17H,1-2,12-13,19H2,3-5H3. The van der Waals surface area contributed by atoms with E-state index in [1.54, 1.807) is 0 Å². The van der Waals surface area contributed by atoms with Gasteiger partial charge in [-0.3, -0.25) is 4.79 Å². The summed E-state index contributed by atoms with van der Waals surface area (Å²) in [6.07, 6.45) is 3.69. The highest BCUT2D eigenvalue weighted by Crippen LogP contribution is 2.22. The van der Waals surface area contributed by atoms with Crippen LogP contribution in [-0.2, 0) is 0 Å². The Hall–Kier alpha value is -1.87. The number of nitrogens with zero attached hydrogens (tertiary/aromatic N) is 1. The summed E-state index contributed by atoms with van der Waals surface area (Å²) in [6.45, 7) is 14.9. The smallest absolute Gasteiger partial charge is 0.180 e. The van der Waals surface area contributed by atoms with Gasteiger partial charge in [-0.1, -0.05) is 32.9 Å². The number of ketones is 1. The Bertz CT molecular complexity index is 487. The van der Waals surface area contributed by atoms with Gasteiger partial charge >= 0.3 is 0 Å². The molecule has 0 aromatic heterocycles. The van der Waals surface area contributed by atoms with Crippen LogP contribution in [0.1, 0.15) is 31.1 Å². The zero-order valence-electron chi connectivity index (χ0n) is 13.3. The van der Waals surface area contributed by atoms with Gasteiger partial charge in [-0.2, -0.15) is 0 Å². The van der Waals surface area contributed by atoms with Crippen LogP contribution in [0.3, 0.4) is 0 Å². The Morgan fingerprint density at radius 1 is 1.19 bits per heavy atom. The molecule has 0 bridgehead atoms. The molecule has 1 atom stereocenters. The lowest BCUT2D eigenvalue weighted by Crippen LogP contribution is -2.42. The van der Waals surface area contributed by atoms with E-state index >= 15 is 0 Å². The van der Waals surface area contributed by atoms with Crippen LogP contribution in [0.15, 0.2) is 49.6 Å². The van der Waals surface area contributed by atoms with E-state index in [4.69, 9.17) is 5.73 Å². The molecule has 114 valence electrons. The minimum atomic E-state index is -0.499. The molecule has 0 heterocycles. The second-order valence-corrected chi connectivity index (χ2v) is 6.24. The fourth-order valence-corrected chi connectivity index (χ4v) is 2.01. The molecule has 3 nitrogen and oxygen atoms in total. The molecule has 0 saturated heterocycles.